The molecular formula is C13H20BrN. The van der Waals surface area contributed by atoms with Crippen LogP contribution in [0.4, 0.5) is 0 Å². The van der Waals surface area contributed by atoms with Gasteiger partial charge < -0.3 is 5.32 Å². The molecule has 0 atom stereocenters. The Balaban J connectivity index is 2.57. The molecule has 0 saturated carbocycles. The quantitative estimate of drug-likeness (QED) is 0.851. The van der Waals surface area contributed by atoms with Crippen LogP contribution in [0.3, 0.4) is 0 Å². The summed E-state index contributed by atoms with van der Waals surface area (Å²) in [6.45, 7) is 7.52. The van der Waals surface area contributed by atoms with Crippen LogP contribution in [0, 0.1) is 6.92 Å². The first-order valence-electron chi connectivity index (χ1n) is 5.65. The average molecular weight is 270 g/mol. The molecule has 0 bridgehead atoms. The minimum atomic E-state index is 0.637. The number of hydrogen-bond donors (Lipinski definition) is 1. The standard InChI is InChI=1S/C13H20BrN/c1-4-12(5-2)15-9-11-7-6-10(3)8-13(11)14/h6-8,12,15H,4-5,9H2,1-3H3. The maximum atomic E-state index is 3.60. The average Bonchev–Trinajstić information content (AvgIpc) is 2.22. The number of nitrogens with one attached hydrogen (secondary N) is 1. The van der Waals surface area contributed by atoms with Crippen molar-refractivity contribution in [1.82, 2.24) is 5.32 Å². The molecular weight excluding hydrogens is 250 g/mol. The summed E-state index contributed by atoms with van der Waals surface area (Å²) in [5.74, 6) is 0. The van der Waals surface area contributed by atoms with Crippen LogP contribution in [0.2, 0.25) is 0 Å². The highest BCUT2D eigenvalue weighted by Gasteiger charge is 2.04. The van der Waals surface area contributed by atoms with Gasteiger partial charge in [0.15, 0.2) is 0 Å². The fourth-order valence-corrected chi connectivity index (χ4v) is 2.26. The zero-order valence-electron chi connectivity index (χ0n) is 9.81. The SMILES string of the molecule is CCC(CC)NCc1ccc(C)cc1Br. The molecule has 0 unspecified atom stereocenters. The Labute approximate surface area is 101 Å². The molecule has 1 nitrogen and oxygen atoms in total. The Kier molecular flexibility index (Phi) is 5.34. The Morgan fingerprint density at radius 2 is 1.93 bits per heavy atom. The topological polar surface area (TPSA) is 12.0 Å². The molecule has 2 heteroatoms. The van der Waals surface area contributed by atoms with Crippen LogP contribution in [-0.2, 0) is 6.54 Å². The fourth-order valence-electron chi connectivity index (χ4n) is 1.63. The van der Waals surface area contributed by atoms with E-state index in [-0.39, 0.29) is 0 Å². The minimum absolute atomic E-state index is 0.637. The van der Waals surface area contributed by atoms with E-state index in [9.17, 15) is 0 Å². The van der Waals surface area contributed by atoms with Crippen molar-refractivity contribution in [3.63, 3.8) is 0 Å². The molecule has 15 heavy (non-hydrogen) atoms. The molecule has 0 heterocycles. The van der Waals surface area contributed by atoms with Gasteiger partial charge in [-0.15, -0.1) is 0 Å². The maximum Gasteiger partial charge on any atom is 0.0222 e. The van der Waals surface area contributed by atoms with Crippen molar-refractivity contribution in [3.8, 4) is 0 Å². The third-order valence-corrected chi connectivity index (χ3v) is 3.51. The third-order valence-electron chi connectivity index (χ3n) is 2.78. The van der Waals surface area contributed by atoms with Gasteiger partial charge in [0.1, 0.15) is 0 Å². The first-order chi connectivity index (χ1) is 7.17. The van der Waals surface area contributed by atoms with Crippen molar-refractivity contribution in [2.45, 2.75) is 46.2 Å². The van der Waals surface area contributed by atoms with Crippen LogP contribution in [0.1, 0.15) is 37.8 Å². The number of hydrogen-bond acceptors (Lipinski definition) is 1. The Hall–Kier alpha value is -0.340. The predicted molar refractivity (Wildman–Crippen MR) is 70.1 cm³/mol. The molecule has 0 aliphatic rings. The van der Waals surface area contributed by atoms with E-state index in [2.05, 4.69) is 60.2 Å². The van der Waals surface area contributed by atoms with Crippen LogP contribution in [0.15, 0.2) is 22.7 Å². The van der Waals surface area contributed by atoms with E-state index in [0.29, 0.717) is 6.04 Å². The van der Waals surface area contributed by atoms with Gasteiger partial charge in [0.05, 0.1) is 0 Å². The van der Waals surface area contributed by atoms with Crippen LogP contribution in [0.25, 0.3) is 0 Å². The van der Waals surface area contributed by atoms with Crippen LogP contribution in [0.5, 0.6) is 0 Å². The molecule has 0 aliphatic heterocycles. The smallest absolute Gasteiger partial charge is 0.0222 e. The molecule has 0 fully saturated rings. The van der Waals surface area contributed by atoms with E-state index in [0.717, 1.165) is 6.54 Å². The molecule has 0 radical (unpaired) electrons. The second kappa shape index (κ2) is 6.29. The Bertz CT molecular complexity index is 305. The molecule has 84 valence electrons. The lowest BCUT2D eigenvalue weighted by atomic mass is 10.1. The third kappa shape index (κ3) is 3.96. The van der Waals surface area contributed by atoms with Crippen molar-refractivity contribution in [3.05, 3.63) is 33.8 Å². The summed E-state index contributed by atoms with van der Waals surface area (Å²) in [6.07, 6.45) is 2.39. The van der Waals surface area contributed by atoms with Crippen molar-refractivity contribution >= 4 is 15.9 Å². The van der Waals surface area contributed by atoms with Crippen molar-refractivity contribution in [2.75, 3.05) is 0 Å². The van der Waals surface area contributed by atoms with Gasteiger partial charge in [-0.2, -0.15) is 0 Å². The summed E-state index contributed by atoms with van der Waals surface area (Å²) in [4.78, 5) is 0. The lowest BCUT2D eigenvalue weighted by Crippen LogP contribution is -2.27. The molecule has 0 aromatic heterocycles. The lowest BCUT2D eigenvalue weighted by Gasteiger charge is -2.15. The second-order valence-corrected chi connectivity index (χ2v) is 4.84. The molecule has 0 aliphatic carbocycles. The molecule has 0 spiro atoms. The van der Waals surface area contributed by atoms with E-state index < -0.39 is 0 Å². The fraction of sp³-hybridized carbons (Fsp3) is 0.538. The van der Waals surface area contributed by atoms with Crippen molar-refractivity contribution in [1.29, 1.82) is 0 Å². The van der Waals surface area contributed by atoms with Crippen LogP contribution >= 0.6 is 15.9 Å². The van der Waals surface area contributed by atoms with Gasteiger partial charge in [-0.3, -0.25) is 0 Å². The van der Waals surface area contributed by atoms with E-state index >= 15 is 0 Å². The normalized spacial score (nSPS) is 11.0. The van der Waals surface area contributed by atoms with E-state index in [4.69, 9.17) is 0 Å². The Morgan fingerprint density at radius 1 is 1.27 bits per heavy atom. The lowest BCUT2D eigenvalue weighted by molar-refractivity contribution is 0.483. The highest BCUT2D eigenvalue weighted by atomic mass is 79.9. The van der Waals surface area contributed by atoms with E-state index in [1.165, 1.54) is 28.4 Å². The Morgan fingerprint density at radius 3 is 2.47 bits per heavy atom. The summed E-state index contributed by atoms with van der Waals surface area (Å²) < 4.78 is 1.21. The molecule has 1 rings (SSSR count). The highest BCUT2D eigenvalue weighted by Crippen LogP contribution is 2.18. The van der Waals surface area contributed by atoms with Crippen molar-refractivity contribution < 1.29 is 0 Å². The van der Waals surface area contributed by atoms with Gasteiger partial charge >= 0.3 is 0 Å². The first-order valence-corrected chi connectivity index (χ1v) is 6.45. The molecule has 0 amide bonds. The minimum Gasteiger partial charge on any atom is -0.310 e. The number of benzene rings is 1. The summed E-state index contributed by atoms with van der Waals surface area (Å²) in [5.41, 5.74) is 2.64. The van der Waals surface area contributed by atoms with E-state index in [1.807, 2.05) is 0 Å². The van der Waals surface area contributed by atoms with E-state index in [1.54, 1.807) is 0 Å². The predicted octanol–water partition coefficient (Wildman–Crippen LogP) is 4.04. The molecule has 0 saturated heterocycles. The maximum absolute atomic E-state index is 3.60. The number of aryl methyl sites for hydroxylation is 1. The zero-order chi connectivity index (χ0) is 11.3. The van der Waals surface area contributed by atoms with Gasteiger partial charge in [-0.05, 0) is 37.0 Å². The van der Waals surface area contributed by atoms with Gasteiger partial charge in [0, 0.05) is 17.1 Å². The summed E-state index contributed by atoms with van der Waals surface area (Å²) in [6, 6.07) is 7.16. The second-order valence-electron chi connectivity index (χ2n) is 3.99. The summed E-state index contributed by atoms with van der Waals surface area (Å²) in [5, 5.41) is 3.57. The van der Waals surface area contributed by atoms with Gasteiger partial charge in [-0.1, -0.05) is 41.9 Å². The van der Waals surface area contributed by atoms with Gasteiger partial charge in [0.25, 0.3) is 0 Å². The van der Waals surface area contributed by atoms with Gasteiger partial charge in [0.2, 0.25) is 0 Å². The summed E-state index contributed by atoms with van der Waals surface area (Å²) in [7, 11) is 0. The highest BCUT2D eigenvalue weighted by molar-refractivity contribution is 9.10. The molecule has 1 N–H and O–H groups in total. The van der Waals surface area contributed by atoms with Crippen molar-refractivity contribution in [2.24, 2.45) is 0 Å². The molecule has 1 aromatic carbocycles. The number of rotatable bonds is 5. The monoisotopic (exact) mass is 269 g/mol. The largest absolute Gasteiger partial charge is 0.310 e. The van der Waals surface area contributed by atoms with Crippen LogP contribution in [-0.4, -0.2) is 6.04 Å². The zero-order valence-corrected chi connectivity index (χ0v) is 11.4. The summed E-state index contributed by atoms with van der Waals surface area (Å²) >= 11 is 3.60. The molecule has 1 aromatic rings. The van der Waals surface area contributed by atoms with Crippen LogP contribution < -0.4 is 5.32 Å². The number of halogens is 1. The first kappa shape index (κ1) is 12.7. The van der Waals surface area contributed by atoms with Gasteiger partial charge in [-0.25, -0.2) is 0 Å².